The molecule has 1 aliphatic heterocycles. The van der Waals surface area contributed by atoms with Crippen LogP contribution in [-0.4, -0.2) is 55.2 Å². The summed E-state index contributed by atoms with van der Waals surface area (Å²) >= 11 is 5.05. The summed E-state index contributed by atoms with van der Waals surface area (Å²) in [4.78, 5) is 3.30. The lowest BCUT2D eigenvalue weighted by Gasteiger charge is -2.30. The molecule has 0 amide bonds. The number of benzene rings is 1. The molecule has 1 aliphatic rings. The molecule has 0 saturated carbocycles. The van der Waals surface area contributed by atoms with Crippen molar-refractivity contribution in [3.8, 4) is 5.75 Å². The van der Waals surface area contributed by atoms with Gasteiger partial charge in [-0.1, -0.05) is 15.9 Å². The number of hydrogen-bond acceptors (Lipinski definition) is 6. The van der Waals surface area contributed by atoms with Gasteiger partial charge in [-0.3, -0.25) is 4.90 Å². The Kier molecular flexibility index (Phi) is 6.97. The number of halogens is 1. The number of sulfone groups is 1. The molecule has 5 nitrogen and oxygen atoms in total. The first-order chi connectivity index (χ1) is 12.8. The fourth-order valence-corrected chi connectivity index (χ4v) is 6.16. The van der Waals surface area contributed by atoms with Gasteiger partial charge in [0.1, 0.15) is 18.5 Å². The van der Waals surface area contributed by atoms with E-state index in [-0.39, 0.29) is 24.2 Å². The Bertz CT molecular complexity index is 851. The average Bonchev–Trinajstić information content (AvgIpc) is 3.19. The van der Waals surface area contributed by atoms with Crippen molar-refractivity contribution in [2.24, 2.45) is 0 Å². The van der Waals surface area contributed by atoms with Crippen molar-refractivity contribution >= 4 is 37.1 Å². The number of aryl methyl sites for hydroxylation is 1. The van der Waals surface area contributed by atoms with Gasteiger partial charge in [0.2, 0.25) is 0 Å². The highest BCUT2D eigenvalue weighted by molar-refractivity contribution is 9.10. The first-order valence-corrected chi connectivity index (χ1v) is 12.4. The summed E-state index contributed by atoms with van der Waals surface area (Å²) in [6.07, 6.45) is -0.0789. The van der Waals surface area contributed by atoms with E-state index >= 15 is 0 Å². The second-order valence-electron chi connectivity index (χ2n) is 6.93. The molecule has 0 bridgehead atoms. The van der Waals surface area contributed by atoms with Crippen LogP contribution in [0.2, 0.25) is 0 Å². The smallest absolute Gasteiger partial charge is 0.151 e. The molecule has 2 unspecified atom stereocenters. The van der Waals surface area contributed by atoms with E-state index in [2.05, 4.69) is 33.8 Å². The van der Waals surface area contributed by atoms with E-state index in [1.54, 1.807) is 11.3 Å². The van der Waals surface area contributed by atoms with Crippen molar-refractivity contribution in [2.75, 3.05) is 24.7 Å². The van der Waals surface area contributed by atoms with Gasteiger partial charge in [-0.25, -0.2) is 8.42 Å². The Labute approximate surface area is 173 Å². The number of thiophene rings is 1. The molecule has 1 saturated heterocycles. The van der Waals surface area contributed by atoms with Crippen LogP contribution < -0.4 is 4.74 Å². The quantitative estimate of drug-likeness (QED) is 0.637. The molecule has 0 spiro atoms. The lowest BCUT2D eigenvalue weighted by atomic mass is 10.1. The lowest BCUT2D eigenvalue weighted by Crippen LogP contribution is -2.42. The predicted octanol–water partition coefficient (Wildman–Crippen LogP) is 3.25. The normalized spacial score (nSPS) is 20.1. The third-order valence-electron chi connectivity index (χ3n) is 4.74. The minimum atomic E-state index is -2.98. The monoisotopic (exact) mass is 473 g/mol. The van der Waals surface area contributed by atoms with Crippen molar-refractivity contribution < 1.29 is 18.3 Å². The van der Waals surface area contributed by atoms with Gasteiger partial charge in [0.15, 0.2) is 9.84 Å². The molecule has 8 heteroatoms. The Morgan fingerprint density at radius 1 is 1.33 bits per heavy atom. The average molecular weight is 474 g/mol. The van der Waals surface area contributed by atoms with Crippen LogP contribution in [0.3, 0.4) is 0 Å². The Balaban J connectivity index is 1.63. The minimum Gasteiger partial charge on any atom is -0.491 e. The molecule has 0 radical (unpaired) electrons. The molecule has 27 heavy (non-hydrogen) atoms. The van der Waals surface area contributed by atoms with E-state index in [0.29, 0.717) is 25.3 Å². The van der Waals surface area contributed by atoms with E-state index < -0.39 is 15.9 Å². The highest BCUT2D eigenvalue weighted by atomic mass is 79.9. The van der Waals surface area contributed by atoms with Gasteiger partial charge in [0.05, 0.1) is 11.5 Å². The third-order valence-corrected chi connectivity index (χ3v) is 8.03. The zero-order chi connectivity index (χ0) is 19.4. The Morgan fingerprint density at radius 2 is 2.07 bits per heavy atom. The summed E-state index contributed by atoms with van der Waals surface area (Å²) in [6.45, 7) is 3.26. The highest BCUT2D eigenvalue weighted by Gasteiger charge is 2.33. The van der Waals surface area contributed by atoms with Gasteiger partial charge in [0, 0.05) is 28.5 Å². The maximum atomic E-state index is 11.9. The zero-order valence-electron chi connectivity index (χ0n) is 15.2. The van der Waals surface area contributed by atoms with Crippen molar-refractivity contribution in [3.05, 3.63) is 50.6 Å². The predicted molar refractivity (Wildman–Crippen MR) is 112 cm³/mol. The van der Waals surface area contributed by atoms with Crippen LogP contribution in [0.25, 0.3) is 0 Å². The van der Waals surface area contributed by atoms with Crippen LogP contribution in [-0.2, 0) is 16.4 Å². The van der Waals surface area contributed by atoms with E-state index in [9.17, 15) is 13.5 Å². The SMILES string of the molecule is Cc1ccsc1CN(CC(O)COc1ccc(Br)cc1)C1CCS(=O)(=O)C1. The van der Waals surface area contributed by atoms with Crippen LogP contribution in [0, 0.1) is 6.92 Å². The van der Waals surface area contributed by atoms with Crippen LogP contribution in [0.4, 0.5) is 0 Å². The number of aliphatic hydroxyl groups is 1. The van der Waals surface area contributed by atoms with E-state index in [0.717, 1.165) is 4.47 Å². The van der Waals surface area contributed by atoms with Gasteiger partial charge < -0.3 is 9.84 Å². The van der Waals surface area contributed by atoms with E-state index in [4.69, 9.17) is 4.74 Å². The summed E-state index contributed by atoms with van der Waals surface area (Å²) in [5, 5.41) is 12.5. The second-order valence-corrected chi connectivity index (χ2v) is 11.1. The standard InChI is InChI=1S/C19H24BrNO4S2/c1-14-6-8-26-19(14)11-21(16-7-9-27(23,24)13-16)10-17(22)12-25-18-4-2-15(20)3-5-18/h2-6,8,16-17,22H,7,9-13H2,1H3. The fraction of sp³-hybridized carbons (Fsp3) is 0.474. The largest absolute Gasteiger partial charge is 0.491 e. The van der Waals surface area contributed by atoms with Crippen molar-refractivity contribution in [1.29, 1.82) is 0 Å². The van der Waals surface area contributed by atoms with Crippen LogP contribution in [0.1, 0.15) is 16.9 Å². The maximum absolute atomic E-state index is 11.9. The first-order valence-electron chi connectivity index (χ1n) is 8.86. The third kappa shape index (κ3) is 6.02. The summed E-state index contributed by atoms with van der Waals surface area (Å²) in [7, 11) is -2.98. The second kappa shape index (κ2) is 9.05. The first kappa shape index (κ1) is 20.8. The molecule has 3 rings (SSSR count). The summed E-state index contributed by atoms with van der Waals surface area (Å²) in [5.41, 5.74) is 1.20. The summed E-state index contributed by atoms with van der Waals surface area (Å²) in [6, 6.07) is 9.46. The molecule has 2 atom stereocenters. The number of rotatable bonds is 8. The van der Waals surface area contributed by atoms with Crippen LogP contribution in [0.5, 0.6) is 5.75 Å². The van der Waals surface area contributed by atoms with Gasteiger partial charge in [-0.05, 0) is 54.6 Å². The lowest BCUT2D eigenvalue weighted by molar-refractivity contribution is 0.0528. The molecule has 2 heterocycles. The zero-order valence-corrected chi connectivity index (χ0v) is 18.4. The van der Waals surface area contributed by atoms with E-state index in [1.165, 1.54) is 10.4 Å². The van der Waals surface area contributed by atoms with Crippen LogP contribution >= 0.6 is 27.3 Å². The maximum Gasteiger partial charge on any atom is 0.151 e. The number of ether oxygens (including phenoxy) is 1. The number of aliphatic hydroxyl groups excluding tert-OH is 1. The molecule has 0 aliphatic carbocycles. The number of nitrogens with zero attached hydrogens (tertiary/aromatic N) is 1. The Hall–Kier alpha value is -0.930. The molecular weight excluding hydrogens is 450 g/mol. The molecule has 2 aromatic rings. The summed E-state index contributed by atoms with van der Waals surface area (Å²) < 4.78 is 30.5. The molecule has 148 valence electrons. The fourth-order valence-electron chi connectivity index (χ4n) is 3.20. The van der Waals surface area contributed by atoms with E-state index in [1.807, 2.05) is 29.6 Å². The minimum absolute atomic E-state index is 0.0566. The van der Waals surface area contributed by atoms with Gasteiger partial charge >= 0.3 is 0 Å². The molecule has 1 aromatic carbocycles. The molecule has 1 N–H and O–H groups in total. The number of hydrogen-bond donors (Lipinski definition) is 1. The van der Waals surface area contributed by atoms with Gasteiger partial charge in [0.25, 0.3) is 0 Å². The van der Waals surface area contributed by atoms with Crippen LogP contribution in [0.15, 0.2) is 40.2 Å². The van der Waals surface area contributed by atoms with Gasteiger partial charge in [-0.2, -0.15) is 0 Å². The Morgan fingerprint density at radius 3 is 2.67 bits per heavy atom. The topological polar surface area (TPSA) is 66.8 Å². The van der Waals surface area contributed by atoms with Crippen molar-refractivity contribution in [2.45, 2.75) is 32.0 Å². The van der Waals surface area contributed by atoms with Crippen molar-refractivity contribution in [1.82, 2.24) is 4.90 Å². The summed E-state index contributed by atoms with van der Waals surface area (Å²) in [5.74, 6) is 1.09. The molecule has 1 fully saturated rings. The highest BCUT2D eigenvalue weighted by Crippen LogP contribution is 2.24. The molecule has 1 aromatic heterocycles. The van der Waals surface area contributed by atoms with Crippen molar-refractivity contribution in [3.63, 3.8) is 0 Å². The van der Waals surface area contributed by atoms with Gasteiger partial charge in [-0.15, -0.1) is 11.3 Å². The molecular formula is C19H24BrNO4S2.